The van der Waals surface area contributed by atoms with E-state index in [-0.39, 0.29) is 0 Å². The van der Waals surface area contributed by atoms with Gasteiger partial charge in [-0.25, -0.2) is 4.99 Å². The first-order valence-electron chi connectivity index (χ1n) is 8.41. The molecule has 0 saturated heterocycles. The van der Waals surface area contributed by atoms with Gasteiger partial charge in [-0.1, -0.05) is 50.2 Å². The Bertz CT molecular complexity index is 763. The maximum Gasteiger partial charge on any atom is 0.193 e. The van der Waals surface area contributed by atoms with Crippen LogP contribution in [0.2, 0.25) is 0 Å². The van der Waals surface area contributed by atoms with Gasteiger partial charge >= 0.3 is 0 Å². The van der Waals surface area contributed by atoms with E-state index in [4.69, 9.17) is 10.7 Å². The van der Waals surface area contributed by atoms with Crippen LogP contribution in [-0.4, -0.2) is 12.0 Å². The number of guanidine groups is 1. The van der Waals surface area contributed by atoms with Gasteiger partial charge in [-0.05, 0) is 47.1 Å². The number of anilines is 1. The lowest BCUT2D eigenvalue weighted by molar-refractivity contribution is 0.801. The molecule has 3 atom stereocenters. The lowest BCUT2D eigenvalue weighted by Gasteiger charge is -2.10. The first-order chi connectivity index (χ1) is 11.1. The maximum absolute atomic E-state index is 6.13. The summed E-state index contributed by atoms with van der Waals surface area (Å²) in [6.45, 7) is 4.39. The normalized spacial score (nSPS) is 25.2. The fourth-order valence-electron chi connectivity index (χ4n) is 3.81. The molecule has 0 radical (unpaired) electrons. The second-order valence-corrected chi connectivity index (χ2v) is 7.00. The average Bonchev–Trinajstić information content (AvgIpc) is 3.04. The van der Waals surface area contributed by atoms with Crippen LogP contribution in [0.1, 0.15) is 42.4 Å². The Morgan fingerprint density at radius 2 is 2.00 bits per heavy atom. The van der Waals surface area contributed by atoms with Crippen molar-refractivity contribution >= 4 is 11.6 Å². The number of hydrogen-bond donors (Lipinski definition) is 2. The quantitative estimate of drug-likeness (QED) is 0.668. The molecule has 0 bridgehead atoms. The molecule has 1 saturated carbocycles. The van der Waals surface area contributed by atoms with Crippen molar-refractivity contribution in [1.29, 1.82) is 0 Å². The van der Waals surface area contributed by atoms with E-state index in [1.54, 1.807) is 0 Å². The Hall–Kier alpha value is -2.29. The molecule has 3 unspecified atom stereocenters. The van der Waals surface area contributed by atoms with Crippen LogP contribution in [0.25, 0.3) is 0 Å². The lowest BCUT2D eigenvalue weighted by atomic mass is 10.0. The smallest absolute Gasteiger partial charge is 0.193 e. The largest absolute Gasteiger partial charge is 0.370 e. The average molecular weight is 305 g/mol. The monoisotopic (exact) mass is 305 g/mol. The highest BCUT2D eigenvalue weighted by atomic mass is 15.1. The van der Waals surface area contributed by atoms with Crippen molar-refractivity contribution < 1.29 is 0 Å². The third-order valence-corrected chi connectivity index (χ3v) is 5.11. The minimum atomic E-state index is 0.352. The van der Waals surface area contributed by atoms with Crippen LogP contribution in [0.3, 0.4) is 0 Å². The molecular weight excluding hydrogens is 282 g/mol. The molecule has 1 fully saturated rings. The second-order valence-electron chi connectivity index (χ2n) is 7.00. The highest BCUT2D eigenvalue weighted by Gasteiger charge is 2.55. The summed E-state index contributed by atoms with van der Waals surface area (Å²) in [5.74, 6) is 2.26. The number of benzene rings is 2. The highest BCUT2D eigenvalue weighted by molar-refractivity contribution is 5.92. The van der Waals surface area contributed by atoms with Crippen molar-refractivity contribution in [2.75, 3.05) is 5.32 Å². The van der Waals surface area contributed by atoms with Gasteiger partial charge < -0.3 is 11.1 Å². The van der Waals surface area contributed by atoms with Gasteiger partial charge in [-0.15, -0.1) is 0 Å². The van der Waals surface area contributed by atoms with Crippen molar-refractivity contribution in [3.8, 4) is 0 Å². The van der Waals surface area contributed by atoms with E-state index in [2.05, 4.69) is 61.6 Å². The predicted octanol–water partition coefficient (Wildman–Crippen LogP) is 3.87. The molecule has 3 heteroatoms. The molecule has 3 N–H and O–H groups in total. The fourth-order valence-corrected chi connectivity index (χ4v) is 3.81. The van der Waals surface area contributed by atoms with Crippen molar-refractivity contribution in [3.05, 3.63) is 65.2 Å². The summed E-state index contributed by atoms with van der Waals surface area (Å²) in [6.07, 6.45) is 1.14. The summed E-state index contributed by atoms with van der Waals surface area (Å²) < 4.78 is 0. The van der Waals surface area contributed by atoms with E-state index in [1.807, 2.05) is 6.07 Å². The molecule has 0 amide bonds. The zero-order valence-corrected chi connectivity index (χ0v) is 13.7. The molecular formula is C20H23N3. The van der Waals surface area contributed by atoms with Gasteiger partial charge in [0.05, 0.1) is 6.04 Å². The van der Waals surface area contributed by atoms with Crippen LogP contribution in [-0.2, 0) is 6.42 Å². The number of fused-ring (bicyclic) bond motifs is 3. The first-order valence-corrected chi connectivity index (χ1v) is 8.41. The molecule has 2 aromatic carbocycles. The molecule has 2 aliphatic rings. The third kappa shape index (κ3) is 2.61. The van der Waals surface area contributed by atoms with E-state index >= 15 is 0 Å². The first kappa shape index (κ1) is 14.3. The topological polar surface area (TPSA) is 50.4 Å². The Balaban J connectivity index is 1.46. The van der Waals surface area contributed by atoms with Crippen LogP contribution in [0.15, 0.2) is 53.5 Å². The molecule has 0 aliphatic heterocycles. The van der Waals surface area contributed by atoms with E-state index in [0.717, 1.165) is 12.1 Å². The Morgan fingerprint density at radius 3 is 2.83 bits per heavy atom. The van der Waals surface area contributed by atoms with Crippen LogP contribution in [0, 0.1) is 5.92 Å². The van der Waals surface area contributed by atoms with Gasteiger partial charge in [0.1, 0.15) is 0 Å². The fraction of sp³-hybridized carbons (Fsp3) is 0.350. The van der Waals surface area contributed by atoms with E-state index in [0.29, 0.717) is 29.8 Å². The van der Waals surface area contributed by atoms with Gasteiger partial charge in [-0.3, -0.25) is 0 Å². The number of hydrogen-bond acceptors (Lipinski definition) is 1. The summed E-state index contributed by atoms with van der Waals surface area (Å²) in [4.78, 5) is 4.73. The van der Waals surface area contributed by atoms with Gasteiger partial charge in [0.25, 0.3) is 0 Å². The number of rotatable bonds is 3. The number of nitrogens with zero attached hydrogens (tertiary/aromatic N) is 1. The summed E-state index contributed by atoms with van der Waals surface area (Å²) in [6, 6.07) is 17.5. The summed E-state index contributed by atoms with van der Waals surface area (Å²) >= 11 is 0. The Labute approximate surface area is 137 Å². The third-order valence-electron chi connectivity index (χ3n) is 5.11. The molecule has 0 aromatic heterocycles. The number of aliphatic imine (C=N–C) groups is 1. The SMILES string of the molecule is CC(C)c1cccc(NC(N)=NC2C3Cc4ccccc4C32)c1. The Kier molecular flexibility index (Phi) is 3.37. The van der Waals surface area contributed by atoms with Crippen molar-refractivity contribution in [2.24, 2.45) is 16.6 Å². The van der Waals surface area contributed by atoms with Crippen molar-refractivity contribution in [3.63, 3.8) is 0 Å². The zero-order valence-electron chi connectivity index (χ0n) is 13.7. The molecule has 23 heavy (non-hydrogen) atoms. The lowest BCUT2D eigenvalue weighted by Crippen LogP contribution is -2.23. The predicted molar refractivity (Wildman–Crippen MR) is 95.9 cm³/mol. The molecule has 118 valence electrons. The zero-order chi connectivity index (χ0) is 16.0. The summed E-state index contributed by atoms with van der Waals surface area (Å²) in [5, 5.41) is 3.25. The van der Waals surface area contributed by atoms with Gasteiger partial charge in [0, 0.05) is 11.6 Å². The van der Waals surface area contributed by atoms with Crippen LogP contribution in [0.5, 0.6) is 0 Å². The number of nitrogens with two attached hydrogens (primary N) is 1. The maximum atomic E-state index is 6.13. The standard InChI is InChI=1S/C20H23N3/c1-12(2)13-7-5-8-15(10-13)22-20(21)23-19-17-11-14-6-3-4-9-16(14)18(17)19/h3-10,12,17-19H,11H2,1-2H3,(H3,21,22,23). The molecule has 2 aromatic rings. The number of nitrogens with one attached hydrogen (secondary N) is 1. The second kappa shape index (κ2) is 5.41. The molecule has 2 aliphatic carbocycles. The molecule has 0 spiro atoms. The summed E-state index contributed by atoms with van der Waals surface area (Å²) in [7, 11) is 0. The molecule has 0 heterocycles. The Morgan fingerprint density at radius 1 is 1.17 bits per heavy atom. The van der Waals surface area contributed by atoms with E-state index < -0.39 is 0 Å². The van der Waals surface area contributed by atoms with Crippen LogP contribution < -0.4 is 11.1 Å². The van der Waals surface area contributed by atoms with Crippen molar-refractivity contribution in [2.45, 2.75) is 38.1 Å². The van der Waals surface area contributed by atoms with Gasteiger partial charge in [0.2, 0.25) is 0 Å². The van der Waals surface area contributed by atoms with E-state index in [9.17, 15) is 0 Å². The molecule has 4 rings (SSSR count). The van der Waals surface area contributed by atoms with Crippen LogP contribution >= 0.6 is 0 Å². The van der Waals surface area contributed by atoms with Crippen LogP contribution in [0.4, 0.5) is 5.69 Å². The van der Waals surface area contributed by atoms with Gasteiger partial charge in [0.15, 0.2) is 5.96 Å². The minimum absolute atomic E-state index is 0.352. The van der Waals surface area contributed by atoms with Gasteiger partial charge in [-0.2, -0.15) is 0 Å². The minimum Gasteiger partial charge on any atom is -0.370 e. The van der Waals surface area contributed by atoms with E-state index in [1.165, 1.54) is 16.7 Å². The van der Waals surface area contributed by atoms with Crippen molar-refractivity contribution in [1.82, 2.24) is 0 Å². The molecule has 3 nitrogen and oxygen atoms in total. The highest BCUT2D eigenvalue weighted by Crippen LogP contribution is 2.58. The summed E-state index contributed by atoms with van der Waals surface area (Å²) in [5.41, 5.74) is 11.4.